The van der Waals surface area contributed by atoms with Crippen molar-refractivity contribution in [3.8, 4) is 28.4 Å². The summed E-state index contributed by atoms with van der Waals surface area (Å²) in [5.41, 5.74) is 3.57. The van der Waals surface area contributed by atoms with E-state index in [4.69, 9.17) is 23.9 Å². The van der Waals surface area contributed by atoms with Crippen molar-refractivity contribution in [1.82, 2.24) is 14.6 Å². The Morgan fingerprint density at radius 2 is 1.62 bits per heavy atom. The third-order valence-corrected chi connectivity index (χ3v) is 4.92. The number of anilines is 2. The van der Waals surface area contributed by atoms with Crippen molar-refractivity contribution >= 4 is 23.1 Å². The SMILES string of the molecule is COC(=O)c1ccc(-c2cnn3ccc(Nc4cc(OC)c(OC)c(OC)c4)nc23)cc1. The van der Waals surface area contributed by atoms with Crippen LogP contribution in [0.1, 0.15) is 10.4 Å². The lowest BCUT2D eigenvalue weighted by Gasteiger charge is -2.15. The fourth-order valence-corrected chi connectivity index (χ4v) is 3.35. The van der Waals surface area contributed by atoms with Crippen LogP contribution in [0.25, 0.3) is 16.8 Å². The van der Waals surface area contributed by atoms with E-state index < -0.39 is 0 Å². The molecule has 0 aliphatic carbocycles. The molecule has 0 saturated heterocycles. The van der Waals surface area contributed by atoms with Crippen LogP contribution in [-0.2, 0) is 4.74 Å². The van der Waals surface area contributed by atoms with E-state index in [2.05, 4.69) is 10.4 Å². The molecule has 9 nitrogen and oxygen atoms in total. The molecule has 0 radical (unpaired) electrons. The highest BCUT2D eigenvalue weighted by Crippen LogP contribution is 2.40. The highest BCUT2D eigenvalue weighted by atomic mass is 16.5. The van der Waals surface area contributed by atoms with Crippen molar-refractivity contribution in [2.24, 2.45) is 0 Å². The zero-order chi connectivity index (χ0) is 22.7. The molecular weight excluding hydrogens is 412 g/mol. The predicted octanol–water partition coefficient (Wildman–Crippen LogP) is 3.95. The van der Waals surface area contributed by atoms with Crippen LogP contribution in [0.5, 0.6) is 17.2 Å². The zero-order valence-corrected chi connectivity index (χ0v) is 18.1. The average Bonchev–Trinajstić information content (AvgIpc) is 3.26. The average molecular weight is 434 g/mol. The molecule has 0 amide bonds. The minimum Gasteiger partial charge on any atom is -0.493 e. The van der Waals surface area contributed by atoms with E-state index in [0.29, 0.717) is 34.3 Å². The Morgan fingerprint density at radius 3 is 2.22 bits per heavy atom. The molecule has 164 valence electrons. The fourth-order valence-electron chi connectivity index (χ4n) is 3.35. The number of fused-ring (bicyclic) bond motifs is 1. The van der Waals surface area contributed by atoms with Crippen LogP contribution < -0.4 is 19.5 Å². The lowest BCUT2D eigenvalue weighted by Crippen LogP contribution is -2.01. The van der Waals surface area contributed by atoms with E-state index in [-0.39, 0.29) is 5.97 Å². The lowest BCUT2D eigenvalue weighted by atomic mass is 10.1. The third kappa shape index (κ3) is 3.87. The van der Waals surface area contributed by atoms with Gasteiger partial charge in [-0.2, -0.15) is 5.10 Å². The van der Waals surface area contributed by atoms with Crippen molar-refractivity contribution in [2.75, 3.05) is 33.8 Å². The molecule has 0 unspecified atom stereocenters. The Hall–Kier alpha value is -4.27. The number of methoxy groups -OCH3 is 4. The Bertz CT molecular complexity index is 1240. The van der Waals surface area contributed by atoms with E-state index in [1.807, 2.05) is 24.4 Å². The molecule has 0 atom stereocenters. The number of ether oxygens (including phenoxy) is 4. The summed E-state index contributed by atoms with van der Waals surface area (Å²) in [6.07, 6.45) is 3.55. The van der Waals surface area contributed by atoms with Crippen LogP contribution in [0, 0.1) is 0 Å². The van der Waals surface area contributed by atoms with Crippen molar-refractivity contribution in [1.29, 1.82) is 0 Å². The van der Waals surface area contributed by atoms with E-state index in [1.54, 1.807) is 56.3 Å². The van der Waals surface area contributed by atoms with Crippen LogP contribution >= 0.6 is 0 Å². The van der Waals surface area contributed by atoms with Gasteiger partial charge in [0.2, 0.25) is 5.75 Å². The highest BCUT2D eigenvalue weighted by Gasteiger charge is 2.15. The quantitative estimate of drug-likeness (QED) is 0.437. The first-order valence-corrected chi connectivity index (χ1v) is 9.68. The number of benzene rings is 2. The molecule has 0 fully saturated rings. The number of hydrogen-bond acceptors (Lipinski definition) is 8. The molecule has 32 heavy (non-hydrogen) atoms. The number of carbonyl (C=O) groups is 1. The molecule has 0 saturated carbocycles. The molecule has 0 aliphatic rings. The molecule has 4 rings (SSSR count). The monoisotopic (exact) mass is 434 g/mol. The van der Waals surface area contributed by atoms with Gasteiger partial charge in [0.05, 0.1) is 40.2 Å². The summed E-state index contributed by atoms with van der Waals surface area (Å²) >= 11 is 0. The molecule has 0 bridgehead atoms. The maximum atomic E-state index is 11.7. The van der Waals surface area contributed by atoms with Gasteiger partial charge in [-0.1, -0.05) is 12.1 Å². The maximum Gasteiger partial charge on any atom is 0.337 e. The van der Waals surface area contributed by atoms with Gasteiger partial charge in [0, 0.05) is 29.6 Å². The number of hydrogen-bond donors (Lipinski definition) is 1. The number of esters is 1. The first-order chi connectivity index (χ1) is 15.6. The summed E-state index contributed by atoms with van der Waals surface area (Å²) in [5.74, 6) is 1.81. The van der Waals surface area contributed by atoms with Crippen LogP contribution in [-0.4, -0.2) is 49.0 Å². The summed E-state index contributed by atoms with van der Waals surface area (Å²) in [5, 5.41) is 7.64. The molecular formula is C23H22N4O5. The van der Waals surface area contributed by atoms with Crippen molar-refractivity contribution < 1.29 is 23.7 Å². The Balaban J connectivity index is 1.68. The number of nitrogens with one attached hydrogen (secondary N) is 1. The van der Waals surface area contributed by atoms with Gasteiger partial charge >= 0.3 is 5.97 Å². The first kappa shape index (κ1) is 21.0. The summed E-state index contributed by atoms with van der Waals surface area (Å²) in [7, 11) is 6.04. The smallest absolute Gasteiger partial charge is 0.337 e. The topological polar surface area (TPSA) is 96.2 Å². The number of nitrogens with zero attached hydrogens (tertiary/aromatic N) is 3. The van der Waals surface area contributed by atoms with Gasteiger partial charge in [0.1, 0.15) is 5.82 Å². The van der Waals surface area contributed by atoms with E-state index in [1.165, 1.54) is 7.11 Å². The van der Waals surface area contributed by atoms with Crippen LogP contribution in [0.2, 0.25) is 0 Å². The van der Waals surface area contributed by atoms with Crippen molar-refractivity contribution in [2.45, 2.75) is 0 Å². The van der Waals surface area contributed by atoms with E-state index in [9.17, 15) is 4.79 Å². The normalized spacial score (nSPS) is 10.6. The van der Waals surface area contributed by atoms with Crippen molar-refractivity contribution in [3.63, 3.8) is 0 Å². The van der Waals surface area contributed by atoms with Gasteiger partial charge in [-0.25, -0.2) is 14.3 Å². The number of rotatable bonds is 7. The lowest BCUT2D eigenvalue weighted by molar-refractivity contribution is 0.0600. The van der Waals surface area contributed by atoms with Crippen LogP contribution in [0.4, 0.5) is 11.5 Å². The van der Waals surface area contributed by atoms with Gasteiger partial charge in [0.25, 0.3) is 0 Å². The Kier molecular flexibility index (Phi) is 5.80. The summed E-state index contributed by atoms with van der Waals surface area (Å²) < 4.78 is 22.6. The maximum absolute atomic E-state index is 11.7. The second-order valence-electron chi connectivity index (χ2n) is 6.75. The first-order valence-electron chi connectivity index (χ1n) is 9.68. The zero-order valence-electron chi connectivity index (χ0n) is 18.1. The second-order valence-corrected chi connectivity index (χ2v) is 6.75. The summed E-state index contributed by atoms with van der Waals surface area (Å²) in [6, 6.07) is 12.5. The molecule has 0 spiro atoms. The molecule has 9 heteroatoms. The van der Waals surface area contributed by atoms with Gasteiger partial charge in [-0.05, 0) is 23.8 Å². The molecule has 2 aromatic heterocycles. The fraction of sp³-hybridized carbons (Fsp3) is 0.174. The molecule has 1 N–H and O–H groups in total. The summed E-state index contributed by atoms with van der Waals surface area (Å²) in [6.45, 7) is 0. The molecule has 2 aromatic carbocycles. The molecule has 2 heterocycles. The Labute approximate surface area is 184 Å². The van der Waals surface area contributed by atoms with Gasteiger partial charge in [-0.3, -0.25) is 0 Å². The van der Waals surface area contributed by atoms with E-state index in [0.717, 1.165) is 16.8 Å². The predicted molar refractivity (Wildman–Crippen MR) is 119 cm³/mol. The largest absolute Gasteiger partial charge is 0.493 e. The summed E-state index contributed by atoms with van der Waals surface area (Å²) in [4.78, 5) is 16.4. The van der Waals surface area contributed by atoms with Gasteiger partial charge in [0.15, 0.2) is 17.1 Å². The van der Waals surface area contributed by atoms with Gasteiger partial charge < -0.3 is 24.3 Å². The second kappa shape index (κ2) is 8.84. The van der Waals surface area contributed by atoms with E-state index >= 15 is 0 Å². The Morgan fingerprint density at radius 1 is 0.938 bits per heavy atom. The third-order valence-electron chi connectivity index (χ3n) is 4.92. The standard InChI is InChI=1S/C23H22N4O5/c1-29-18-11-16(12-19(30-2)21(18)31-3)25-20-9-10-27-22(26-20)17(13-24-27)14-5-7-15(8-6-14)23(28)32-4/h5-13H,1-4H3,(H,25,26). The van der Waals surface area contributed by atoms with Gasteiger partial charge in [-0.15, -0.1) is 0 Å². The van der Waals surface area contributed by atoms with Crippen molar-refractivity contribution in [3.05, 3.63) is 60.4 Å². The minimum atomic E-state index is -0.383. The number of carbonyl (C=O) groups excluding carboxylic acids is 1. The molecule has 4 aromatic rings. The molecule has 0 aliphatic heterocycles. The highest BCUT2D eigenvalue weighted by molar-refractivity contribution is 5.90. The van der Waals surface area contributed by atoms with Crippen LogP contribution in [0.3, 0.4) is 0 Å². The minimum absolute atomic E-state index is 0.383. The van der Waals surface area contributed by atoms with Crippen LogP contribution in [0.15, 0.2) is 54.9 Å². The number of aromatic nitrogens is 3.